The first-order valence-corrected chi connectivity index (χ1v) is 5.40. The lowest BCUT2D eigenvalue weighted by Gasteiger charge is -2.13. The van der Waals surface area contributed by atoms with Crippen LogP contribution in [0.25, 0.3) is 0 Å². The Labute approximate surface area is 112 Å². The van der Waals surface area contributed by atoms with Crippen molar-refractivity contribution < 1.29 is 33.0 Å². The molecule has 0 unspecified atom stereocenters. The molecule has 1 aromatic rings. The SMILES string of the molecule is COC(=O)C[C@H](NC(=O)c1ccc(F)c(F)c1)C(=O)O. The van der Waals surface area contributed by atoms with E-state index >= 15 is 0 Å². The predicted octanol–water partition coefficient (Wildman–Crippen LogP) is 0.711. The number of hydrogen-bond donors (Lipinski definition) is 2. The van der Waals surface area contributed by atoms with E-state index in [0.717, 1.165) is 19.2 Å². The van der Waals surface area contributed by atoms with E-state index in [4.69, 9.17) is 5.11 Å². The molecule has 1 aromatic carbocycles. The van der Waals surface area contributed by atoms with Gasteiger partial charge in [-0.2, -0.15) is 0 Å². The fourth-order valence-corrected chi connectivity index (χ4v) is 1.33. The standard InChI is InChI=1S/C12H11F2NO5/c1-20-10(16)5-9(12(18)19)15-11(17)6-2-3-7(13)8(14)4-6/h2-4,9H,5H2,1H3,(H,15,17)(H,18,19)/t9-/m0/s1. The second kappa shape index (κ2) is 6.60. The third-order valence-electron chi connectivity index (χ3n) is 2.38. The van der Waals surface area contributed by atoms with Gasteiger partial charge in [0.25, 0.3) is 5.91 Å². The van der Waals surface area contributed by atoms with Crippen LogP contribution in [0.2, 0.25) is 0 Å². The zero-order chi connectivity index (χ0) is 15.3. The summed E-state index contributed by atoms with van der Waals surface area (Å²) >= 11 is 0. The van der Waals surface area contributed by atoms with Gasteiger partial charge >= 0.3 is 11.9 Å². The molecule has 20 heavy (non-hydrogen) atoms. The molecule has 0 heterocycles. The summed E-state index contributed by atoms with van der Waals surface area (Å²) in [5.41, 5.74) is -0.264. The van der Waals surface area contributed by atoms with Gasteiger partial charge in [0.1, 0.15) is 6.04 Å². The quantitative estimate of drug-likeness (QED) is 0.778. The van der Waals surface area contributed by atoms with Crippen LogP contribution in [0.1, 0.15) is 16.8 Å². The first-order valence-electron chi connectivity index (χ1n) is 5.40. The zero-order valence-electron chi connectivity index (χ0n) is 10.4. The number of carboxylic acids is 1. The Hall–Kier alpha value is -2.51. The Morgan fingerprint density at radius 1 is 1.30 bits per heavy atom. The molecule has 0 spiro atoms. The fourth-order valence-electron chi connectivity index (χ4n) is 1.33. The van der Waals surface area contributed by atoms with Gasteiger partial charge < -0.3 is 15.2 Å². The maximum Gasteiger partial charge on any atom is 0.326 e. The number of methoxy groups -OCH3 is 1. The van der Waals surface area contributed by atoms with E-state index in [1.807, 2.05) is 5.32 Å². The van der Waals surface area contributed by atoms with Gasteiger partial charge in [-0.15, -0.1) is 0 Å². The topological polar surface area (TPSA) is 92.7 Å². The lowest BCUT2D eigenvalue weighted by Crippen LogP contribution is -2.42. The van der Waals surface area contributed by atoms with Crippen LogP contribution < -0.4 is 5.32 Å². The number of carbonyl (C=O) groups excluding carboxylic acids is 2. The lowest BCUT2D eigenvalue weighted by atomic mass is 10.1. The third kappa shape index (κ3) is 4.01. The van der Waals surface area contributed by atoms with Crippen molar-refractivity contribution in [1.82, 2.24) is 5.32 Å². The Morgan fingerprint density at radius 3 is 2.45 bits per heavy atom. The molecular weight excluding hydrogens is 276 g/mol. The van der Waals surface area contributed by atoms with Crippen LogP contribution in [0.3, 0.4) is 0 Å². The van der Waals surface area contributed by atoms with E-state index in [-0.39, 0.29) is 5.56 Å². The molecule has 2 N–H and O–H groups in total. The summed E-state index contributed by atoms with van der Waals surface area (Å²) in [5.74, 6) is -5.60. The molecule has 0 fully saturated rings. The molecule has 0 radical (unpaired) electrons. The van der Waals surface area contributed by atoms with Crippen LogP contribution in [0, 0.1) is 11.6 Å². The molecule has 0 saturated heterocycles. The number of amides is 1. The van der Waals surface area contributed by atoms with Crippen LogP contribution in [-0.4, -0.2) is 36.1 Å². The van der Waals surface area contributed by atoms with Crippen LogP contribution >= 0.6 is 0 Å². The number of carboxylic acid groups (broad SMARTS) is 1. The van der Waals surface area contributed by atoms with E-state index in [1.165, 1.54) is 0 Å². The van der Waals surface area contributed by atoms with E-state index in [0.29, 0.717) is 6.07 Å². The summed E-state index contributed by atoms with van der Waals surface area (Å²) in [5, 5.41) is 10.9. The fraction of sp³-hybridized carbons (Fsp3) is 0.250. The lowest BCUT2D eigenvalue weighted by molar-refractivity contribution is -0.147. The molecule has 108 valence electrons. The number of hydrogen-bond acceptors (Lipinski definition) is 4. The maximum absolute atomic E-state index is 13.0. The van der Waals surface area contributed by atoms with Crippen molar-refractivity contribution in [1.29, 1.82) is 0 Å². The van der Waals surface area contributed by atoms with Gasteiger partial charge in [-0.1, -0.05) is 0 Å². The first-order chi connectivity index (χ1) is 9.35. The number of rotatable bonds is 5. The minimum atomic E-state index is -1.52. The van der Waals surface area contributed by atoms with E-state index in [1.54, 1.807) is 0 Å². The highest BCUT2D eigenvalue weighted by atomic mass is 19.2. The summed E-state index contributed by atoms with van der Waals surface area (Å²) in [6.07, 6.45) is -0.582. The first kappa shape index (κ1) is 15.5. The highest BCUT2D eigenvalue weighted by Gasteiger charge is 2.24. The minimum Gasteiger partial charge on any atom is -0.480 e. The van der Waals surface area contributed by atoms with Gasteiger partial charge in [0.2, 0.25) is 0 Å². The van der Waals surface area contributed by atoms with Gasteiger partial charge in [0, 0.05) is 5.56 Å². The number of nitrogens with one attached hydrogen (secondary N) is 1. The number of carbonyl (C=O) groups is 3. The molecule has 6 nitrogen and oxygen atoms in total. The second-order valence-electron chi connectivity index (χ2n) is 3.77. The van der Waals surface area contributed by atoms with Crippen molar-refractivity contribution >= 4 is 17.8 Å². The Bertz CT molecular complexity index is 547. The van der Waals surface area contributed by atoms with Gasteiger partial charge in [0.15, 0.2) is 11.6 Å². The van der Waals surface area contributed by atoms with Gasteiger partial charge in [-0.05, 0) is 18.2 Å². The average Bonchev–Trinajstić information content (AvgIpc) is 2.40. The molecule has 8 heteroatoms. The molecule has 1 rings (SSSR count). The number of benzene rings is 1. The smallest absolute Gasteiger partial charge is 0.326 e. The van der Waals surface area contributed by atoms with Crippen LogP contribution in [0.15, 0.2) is 18.2 Å². The van der Waals surface area contributed by atoms with Gasteiger partial charge in [-0.25, -0.2) is 13.6 Å². The van der Waals surface area contributed by atoms with Crippen molar-refractivity contribution in [2.45, 2.75) is 12.5 Å². The minimum absolute atomic E-state index is 0.264. The van der Waals surface area contributed by atoms with Crippen LogP contribution in [0.5, 0.6) is 0 Å². The molecule has 0 saturated carbocycles. The van der Waals surface area contributed by atoms with Crippen LogP contribution in [0.4, 0.5) is 8.78 Å². The number of ether oxygens (including phenoxy) is 1. The van der Waals surface area contributed by atoms with Crippen molar-refractivity contribution in [2.24, 2.45) is 0 Å². The number of aliphatic carboxylic acids is 1. The molecule has 0 aliphatic heterocycles. The van der Waals surface area contributed by atoms with Gasteiger partial charge in [0.05, 0.1) is 13.5 Å². The van der Waals surface area contributed by atoms with E-state index < -0.39 is 41.9 Å². The zero-order valence-corrected chi connectivity index (χ0v) is 10.4. The largest absolute Gasteiger partial charge is 0.480 e. The summed E-state index contributed by atoms with van der Waals surface area (Å²) in [7, 11) is 1.07. The van der Waals surface area contributed by atoms with Crippen molar-refractivity contribution in [3.05, 3.63) is 35.4 Å². The Balaban J connectivity index is 2.82. The number of esters is 1. The predicted molar refractivity (Wildman–Crippen MR) is 61.9 cm³/mol. The normalized spacial score (nSPS) is 11.6. The monoisotopic (exact) mass is 287 g/mol. The summed E-state index contributed by atoms with van der Waals surface area (Å²) in [6.45, 7) is 0. The molecule has 0 bridgehead atoms. The second-order valence-corrected chi connectivity index (χ2v) is 3.77. The Morgan fingerprint density at radius 2 is 1.95 bits per heavy atom. The van der Waals surface area contributed by atoms with E-state index in [9.17, 15) is 23.2 Å². The molecule has 0 aliphatic carbocycles. The van der Waals surface area contributed by atoms with Gasteiger partial charge in [-0.3, -0.25) is 9.59 Å². The Kier molecular flexibility index (Phi) is 5.13. The van der Waals surface area contributed by atoms with Crippen molar-refractivity contribution in [3.63, 3.8) is 0 Å². The van der Waals surface area contributed by atoms with Crippen molar-refractivity contribution in [2.75, 3.05) is 7.11 Å². The highest BCUT2D eigenvalue weighted by Crippen LogP contribution is 2.09. The maximum atomic E-state index is 13.0. The molecular formula is C12H11F2NO5. The van der Waals surface area contributed by atoms with Crippen LogP contribution in [-0.2, 0) is 14.3 Å². The summed E-state index contributed by atoms with van der Waals surface area (Å²) in [4.78, 5) is 33.6. The summed E-state index contributed by atoms with van der Waals surface area (Å²) in [6, 6.07) is 0.829. The molecule has 1 amide bonds. The molecule has 0 aromatic heterocycles. The third-order valence-corrected chi connectivity index (χ3v) is 2.38. The highest BCUT2D eigenvalue weighted by molar-refractivity contribution is 5.97. The average molecular weight is 287 g/mol. The summed E-state index contributed by atoms with van der Waals surface area (Å²) < 4.78 is 30.0. The number of halogens is 2. The van der Waals surface area contributed by atoms with Crippen molar-refractivity contribution in [3.8, 4) is 0 Å². The van der Waals surface area contributed by atoms with E-state index in [2.05, 4.69) is 4.74 Å². The molecule has 1 atom stereocenters. The molecule has 0 aliphatic rings.